The Labute approximate surface area is 123 Å². The van der Waals surface area contributed by atoms with Crippen molar-refractivity contribution in [2.45, 2.75) is 6.42 Å². The van der Waals surface area contributed by atoms with E-state index < -0.39 is 16.1 Å². The summed E-state index contributed by atoms with van der Waals surface area (Å²) in [6.07, 6.45) is 5.33. The van der Waals surface area contributed by atoms with E-state index in [9.17, 15) is 18.3 Å². The van der Waals surface area contributed by atoms with E-state index in [0.29, 0.717) is 11.1 Å². The fourth-order valence-corrected chi connectivity index (χ4v) is 2.06. The second kappa shape index (κ2) is 6.94. The van der Waals surface area contributed by atoms with Crippen LogP contribution in [0.25, 0.3) is 6.08 Å². The van der Waals surface area contributed by atoms with Crippen molar-refractivity contribution in [3.05, 3.63) is 42.0 Å². The van der Waals surface area contributed by atoms with Gasteiger partial charge in [0.1, 0.15) is 0 Å². The van der Waals surface area contributed by atoms with Crippen molar-refractivity contribution >= 4 is 22.2 Å². The van der Waals surface area contributed by atoms with Gasteiger partial charge < -0.3 is 14.0 Å². The lowest BCUT2D eigenvalue weighted by atomic mass is 10.0. The molecule has 0 aliphatic rings. The van der Waals surface area contributed by atoms with Gasteiger partial charge in [0.05, 0.1) is 13.4 Å². The fourth-order valence-electron chi connectivity index (χ4n) is 1.60. The highest BCUT2D eigenvalue weighted by atomic mass is 32.2. The van der Waals surface area contributed by atoms with Crippen LogP contribution in [0.1, 0.15) is 11.1 Å². The topological polar surface area (TPSA) is 89.9 Å². The molecule has 0 aliphatic heterocycles. The number of hydrogen-bond acceptors (Lipinski definition) is 6. The molecule has 0 spiro atoms. The molecule has 0 radical (unpaired) electrons. The van der Waals surface area contributed by atoms with E-state index in [1.807, 2.05) is 0 Å². The maximum atomic E-state index is 11.1. The lowest BCUT2D eigenvalue weighted by Crippen LogP contribution is -2.06. The first kappa shape index (κ1) is 16.8. The molecule has 0 bridgehead atoms. The van der Waals surface area contributed by atoms with Gasteiger partial charge in [0.2, 0.25) is 0 Å². The van der Waals surface area contributed by atoms with Crippen LogP contribution in [-0.4, -0.2) is 32.9 Å². The van der Waals surface area contributed by atoms with Gasteiger partial charge in [0.15, 0.2) is 11.5 Å². The number of rotatable bonds is 6. The zero-order valence-electron chi connectivity index (χ0n) is 11.7. The number of benzene rings is 1. The molecule has 1 N–H and O–H groups in total. The number of phenols is 1. The first-order chi connectivity index (χ1) is 9.78. The number of carbonyl (C=O) groups is 1. The van der Waals surface area contributed by atoms with Gasteiger partial charge in [-0.15, -0.1) is 6.58 Å². The second-order valence-electron chi connectivity index (χ2n) is 4.12. The number of allylic oxidation sites excluding steroid dienone is 1. The van der Waals surface area contributed by atoms with E-state index >= 15 is 0 Å². The second-order valence-corrected chi connectivity index (χ2v) is 5.69. The Kier molecular flexibility index (Phi) is 5.54. The average Bonchev–Trinajstić information content (AvgIpc) is 2.40. The zero-order valence-corrected chi connectivity index (χ0v) is 12.5. The Bertz CT molecular complexity index is 673. The van der Waals surface area contributed by atoms with Gasteiger partial charge in [-0.05, 0) is 24.1 Å². The van der Waals surface area contributed by atoms with Crippen molar-refractivity contribution in [2.75, 3.05) is 13.4 Å². The molecule has 0 fully saturated rings. The van der Waals surface area contributed by atoms with Crippen LogP contribution in [0.3, 0.4) is 0 Å². The highest BCUT2D eigenvalue weighted by Crippen LogP contribution is 2.34. The minimum atomic E-state index is -3.75. The number of aromatic hydroxyl groups is 1. The smallest absolute Gasteiger partial charge is 0.330 e. The lowest BCUT2D eigenvalue weighted by Gasteiger charge is -2.11. The normalized spacial score (nSPS) is 11.3. The summed E-state index contributed by atoms with van der Waals surface area (Å²) in [7, 11) is -2.50. The number of carbonyl (C=O) groups excluding carboxylic acids is 1. The molecular weight excluding hydrogens is 296 g/mol. The van der Waals surface area contributed by atoms with Crippen LogP contribution in [-0.2, 0) is 26.1 Å². The molecular formula is C14H16O6S. The van der Waals surface area contributed by atoms with Gasteiger partial charge in [-0.3, -0.25) is 0 Å². The van der Waals surface area contributed by atoms with Crippen LogP contribution in [0.4, 0.5) is 0 Å². The molecule has 1 aromatic carbocycles. The Morgan fingerprint density at radius 1 is 1.43 bits per heavy atom. The highest BCUT2D eigenvalue weighted by Gasteiger charge is 2.15. The third-order valence-electron chi connectivity index (χ3n) is 2.47. The van der Waals surface area contributed by atoms with Gasteiger partial charge in [0.25, 0.3) is 0 Å². The molecule has 0 aliphatic carbocycles. The van der Waals surface area contributed by atoms with E-state index in [1.54, 1.807) is 0 Å². The summed E-state index contributed by atoms with van der Waals surface area (Å²) in [6, 6.07) is 2.83. The van der Waals surface area contributed by atoms with Crippen LogP contribution >= 0.6 is 0 Å². The van der Waals surface area contributed by atoms with Crippen molar-refractivity contribution in [3.8, 4) is 11.5 Å². The molecule has 0 unspecified atom stereocenters. The number of methoxy groups -OCH3 is 1. The SMILES string of the molecule is C=CCc1c(/C=C/C(=O)OC)ccc(OS(C)(=O)=O)c1O. The van der Waals surface area contributed by atoms with E-state index in [1.165, 1.54) is 37.5 Å². The molecule has 0 amide bonds. The first-order valence-electron chi connectivity index (χ1n) is 5.89. The summed E-state index contributed by atoms with van der Waals surface area (Å²) in [5, 5.41) is 10.1. The molecule has 0 atom stereocenters. The predicted octanol–water partition coefficient (Wildman–Crippen LogP) is 1.65. The van der Waals surface area contributed by atoms with Crippen LogP contribution in [0, 0.1) is 0 Å². The van der Waals surface area contributed by atoms with E-state index in [0.717, 1.165) is 6.26 Å². The summed E-state index contributed by atoms with van der Waals surface area (Å²) in [6.45, 7) is 3.57. The molecule has 0 heterocycles. The molecule has 0 saturated carbocycles. The van der Waals surface area contributed by atoms with E-state index in [-0.39, 0.29) is 17.9 Å². The molecule has 0 saturated heterocycles. The standard InChI is InChI=1S/C14H16O6S/c1-4-5-11-10(7-9-13(15)19-2)6-8-12(14(11)16)20-21(3,17)18/h4,6-9,16H,1,5H2,2-3H3/b9-7+. The van der Waals surface area contributed by atoms with Crippen LogP contribution in [0.15, 0.2) is 30.9 Å². The minimum Gasteiger partial charge on any atom is -0.504 e. The monoisotopic (exact) mass is 312 g/mol. The Balaban J connectivity index is 3.28. The number of ether oxygens (including phenoxy) is 1. The molecule has 7 heteroatoms. The Morgan fingerprint density at radius 3 is 2.62 bits per heavy atom. The van der Waals surface area contributed by atoms with E-state index in [2.05, 4.69) is 11.3 Å². The largest absolute Gasteiger partial charge is 0.504 e. The van der Waals surface area contributed by atoms with Crippen molar-refractivity contribution in [3.63, 3.8) is 0 Å². The maximum absolute atomic E-state index is 11.1. The number of esters is 1. The van der Waals surface area contributed by atoms with Gasteiger partial charge in [0, 0.05) is 11.6 Å². The van der Waals surface area contributed by atoms with E-state index in [4.69, 9.17) is 4.18 Å². The van der Waals surface area contributed by atoms with Crippen molar-refractivity contribution in [2.24, 2.45) is 0 Å². The first-order valence-corrected chi connectivity index (χ1v) is 7.71. The predicted molar refractivity (Wildman–Crippen MR) is 78.5 cm³/mol. The van der Waals surface area contributed by atoms with Crippen molar-refractivity contribution < 1.29 is 27.2 Å². The molecule has 0 aromatic heterocycles. The quantitative estimate of drug-likeness (QED) is 0.372. The summed E-state index contributed by atoms with van der Waals surface area (Å²) >= 11 is 0. The van der Waals surface area contributed by atoms with Crippen LogP contribution < -0.4 is 4.18 Å². The van der Waals surface area contributed by atoms with Gasteiger partial charge in [-0.1, -0.05) is 12.1 Å². The zero-order chi connectivity index (χ0) is 16.0. The molecule has 1 rings (SSSR count). The van der Waals surface area contributed by atoms with Crippen molar-refractivity contribution in [1.29, 1.82) is 0 Å². The fraction of sp³-hybridized carbons (Fsp3) is 0.214. The number of phenolic OH excluding ortho intramolecular Hbond substituents is 1. The summed E-state index contributed by atoms with van der Waals surface area (Å²) < 4.78 is 31.4. The maximum Gasteiger partial charge on any atom is 0.330 e. The Morgan fingerprint density at radius 2 is 2.10 bits per heavy atom. The third kappa shape index (κ3) is 4.96. The highest BCUT2D eigenvalue weighted by molar-refractivity contribution is 7.86. The number of hydrogen-bond donors (Lipinski definition) is 1. The Hall–Kier alpha value is -2.28. The average molecular weight is 312 g/mol. The van der Waals surface area contributed by atoms with Gasteiger partial charge in [-0.25, -0.2) is 4.79 Å². The van der Waals surface area contributed by atoms with Gasteiger partial charge >= 0.3 is 16.1 Å². The molecule has 21 heavy (non-hydrogen) atoms. The minimum absolute atomic E-state index is 0.176. The third-order valence-corrected chi connectivity index (χ3v) is 2.95. The van der Waals surface area contributed by atoms with Gasteiger partial charge in [-0.2, -0.15) is 8.42 Å². The molecule has 6 nitrogen and oxygen atoms in total. The summed E-state index contributed by atoms with van der Waals surface area (Å²) in [5.41, 5.74) is 0.921. The summed E-state index contributed by atoms with van der Waals surface area (Å²) in [5.74, 6) is -1.03. The van der Waals surface area contributed by atoms with Crippen LogP contribution in [0.5, 0.6) is 11.5 Å². The molecule has 1 aromatic rings. The lowest BCUT2D eigenvalue weighted by molar-refractivity contribution is -0.134. The summed E-state index contributed by atoms with van der Waals surface area (Å²) in [4.78, 5) is 11.1. The van der Waals surface area contributed by atoms with Crippen molar-refractivity contribution in [1.82, 2.24) is 0 Å². The molecule has 114 valence electrons. The van der Waals surface area contributed by atoms with Crippen LogP contribution in [0.2, 0.25) is 0 Å².